The summed E-state index contributed by atoms with van der Waals surface area (Å²) in [5.74, 6) is 0. The Bertz CT molecular complexity index is 450. The molecule has 0 aliphatic carbocycles. The molecule has 4 heteroatoms. The Morgan fingerprint density at radius 3 is 2.69 bits per heavy atom. The lowest BCUT2D eigenvalue weighted by molar-refractivity contribution is 1.13. The Balaban J connectivity index is 1.94. The molecule has 0 bridgehead atoms. The summed E-state index contributed by atoms with van der Waals surface area (Å²) in [6, 6.07) is 7.84. The molecule has 0 amide bonds. The standard InChI is InChI=1S/C12H13ClN2S/c1-2-11-8-15-12(16-11)14-7-9-3-5-10(13)6-4-9/h3-6,8H,2,7H2,1H3,(H,14,15). The number of rotatable bonds is 4. The van der Waals surface area contributed by atoms with Crippen molar-refractivity contribution < 1.29 is 0 Å². The first-order chi connectivity index (χ1) is 7.78. The van der Waals surface area contributed by atoms with Gasteiger partial charge in [0.1, 0.15) is 0 Å². The summed E-state index contributed by atoms with van der Waals surface area (Å²) in [4.78, 5) is 5.61. The third-order valence-electron chi connectivity index (χ3n) is 2.26. The maximum Gasteiger partial charge on any atom is 0.183 e. The summed E-state index contributed by atoms with van der Waals surface area (Å²) in [5, 5.41) is 5.05. The zero-order valence-electron chi connectivity index (χ0n) is 9.03. The Morgan fingerprint density at radius 2 is 2.06 bits per heavy atom. The minimum absolute atomic E-state index is 0.770. The van der Waals surface area contributed by atoms with Gasteiger partial charge < -0.3 is 5.32 Å². The average molecular weight is 253 g/mol. The quantitative estimate of drug-likeness (QED) is 0.891. The van der Waals surface area contributed by atoms with Gasteiger partial charge in [-0.1, -0.05) is 30.7 Å². The van der Waals surface area contributed by atoms with Gasteiger partial charge in [0.25, 0.3) is 0 Å². The second-order valence-corrected chi connectivity index (χ2v) is 5.02. The van der Waals surface area contributed by atoms with Crippen LogP contribution in [0.15, 0.2) is 30.5 Å². The number of nitrogens with one attached hydrogen (secondary N) is 1. The van der Waals surface area contributed by atoms with E-state index < -0.39 is 0 Å². The van der Waals surface area contributed by atoms with E-state index in [4.69, 9.17) is 11.6 Å². The van der Waals surface area contributed by atoms with Gasteiger partial charge in [-0.2, -0.15) is 0 Å². The van der Waals surface area contributed by atoms with Crippen molar-refractivity contribution in [2.45, 2.75) is 19.9 Å². The Hall–Kier alpha value is -1.06. The smallest absolute Gasteiger partial charge is 0.183 e. The van der Waals surface area contributed by atoms with E-state index in [9.17, 15) is 0 Å². The molecule has 0 aliphatic rings. The molecule has 2 rings (SSSR count). The van der Waals surface area contributed by atoms with Gasteiger partial charge >= 0.3 is 0 Å². The van der Waals surface area contributed by atoms with Gasteiger partial charge in [-0.15, -0.1) is 11.3 Å². The molecule has 1 heterocycles. The molecule has 0 aliphatic heterocycles. The van der Waals surface area contributed by atoms with Crippen LogP contribution in [0.3, 0.4) is 0 Å². The molecule has 0 fully saturated rings. The molecule has 0 saturated carbocycles. The first-order valence-electron chi connectivity index (χ1n) is 5.21. The molecule has 0 radical (unpaired) electrons. The van der Waals surface area contributed by atoms with Gasteiger partial charge in [-0.25, -0.2) is 4.98 Å². The predicted octanol–water partition coefficient (Wildman–Crippen LogP) is 3.97. The molecule has 1 aromatic heterocycles. The highest BCUT2D eigenvalue weighted by molar-refractivity contribution is 7.15. The van der Waals surface area contributed by atoms with Crippen LogP contribution >= 0.6 is 22.9 Å². The van der Waals surface area contributed by atoms with E-state index >= 15 is 0 Å². The average Bonchev–Trinajstić information content (AvgIpc) is 2.76. The molecule has 1 aromatic carbocycles. The first kappa shape index (κ1) is 11.4. The number of aromatic nitrogens is 1. The van der Waals surface area contributed by atoms with E-state index in [-0.39, 0.29) is 0 Å². The highest BCUT2D eigenvalue weighted by atomic mass is 35.5. The fourth-order valence-corrected chi connectivity index (χ4v) is 2.21. The topological polar surface area (TPSA) is 24.9 Å². The third-order valence-corrected chi connectivity index (χ3v) is 3.61. The monoisotopic (exact) mass is 252 g/mol. The van der Waals surface area contributed by atoms with E-state index in [2.05, 4.69) is 17.2 Å². The number of anilines is 1. The third kappa shape index (κ3) is 2.97. The lowest BCUT2D eigenvalue weighted by Gasteiger charge is -2.02. The van der Waals surface area contributed by atoms with Crippen LogP contribution in [0, 0.1) is 0 Å². The Kier molecular flexibility index (Phi) is 3.80. The minimum atomic E-state index is 0.770. The van der Waals surface area contributed by atoms with Crippen molar-refractivity contribution in [3.63, 3.8) is 0 Å². The fourth-order valence-electron chi connectivity index (χ4n) is 1.33. The SMILES string of the molecule is CCc1cnc(NCc2ccc(Cl)cc2)s1. The summed E-state index contributed by atoms with van der Waals surface area (Å²) in [7, 11) is 0. The van der Waals surface area contributed by atoms with Crippen molar-refractivity contribution >= 4 is 28.1 Å². The number of nitrogens with zero attached hydrogens (tertiary/aromatic N) is 1. The molecule has 84 valence electrons. The van der Waals surface area contributed by atoms with Gasteiger partial charge in [0.15, 0.2) is 5.13 Å². The second-order valence-electron chi connectivity index (χ2n) is 3.47. The molecule has 0 unspecified atom stereocenters. The van der Waals surface area contributed by atoms with Crippen LogP contribution in [0.4, 0.5) is 5.13 Å². The molecule has 2 aromatic rings. The van der Waals surface area contributed by atoms with Crippen molar-refractivity contribution in [3.8, 4) is 0 Å². The van der Waals surface area contributed by atoms with Crippen LogP contribution in [0.1, 0.15) is 17.4 Å². The number of hydrogen-bond acceptors (Lipinski definition) is 3. The largest absolute Gasteiger partial charge is 0.357 e. The molecule has 16 heavy (non-hydrogen) atoms. The lowest BCUT2D eigenvalue weighted by atomic mass is 10.2. The Labute approximate surface area is 104 Å². The van der Waals surface area contributed by atoms with Crippen molar-refractivity contribution in [3.05, 3.63) is 45.9 Å². The number of benzene rings is 1. The predicted molar refractivity (Wildman–Crippen MR) is 70.3 cm³/mol. The van der Waals surface area contributed by atoms with E-state index in [1.165, 1.54) is 10.4 Å². The van der Waals surface area contributed by atoms with Crippen LogP contribution in [-0.4, -0.2) is 4.98 Å². The van der Waals surface area contributed by atoms with Gasteiger partial charge in [-0.05, 0) is 24.1 Å². The van der Waals surface area contributed by atoms with Crippen molar-refractivity contribution in [1.29, 1.82) is 0 Å². The maximum absolute atomic E-state index is 5.82. The maximum atomic E-state index is 5.82. The summed E-state index contributed by atoms with van der Waals surface area (Å²) in [6.07, 6.45) is 2.97. The van der Waals surface area contributed by atoms with Crippen molar-refractivity contribution in [2.75, 3.05) is 5.32 Å². The molecule has 0 atom stereocenters. The summed E-state index contributed by atoms with van der Waals surface area (Å²) in [5.41, 5.74) is 1.21. The molecule has 2 nitrogen and oxygen atoms in total. The van der Waals surface area contributed by atoms with Gasteiger partial charge in [-0.3, -0.25) is 0 Å². The fraction of sp³-hybridized carbons (Fsp3) is 0.250. The van der Waals surface area contributed by atoms with E-state index in [0.29, 0.717) is 0 Å². The second kappa shape index (κ2) is 5.32. The van der Waals surface area contributed by atoms with E-state index in [0.717, 1.165) is 23.1 Å². The number of halogens is 1. The summed E-state index contributed by atoms with van der Waals surface area (Å²) in [6.45, 7) is 2.92. The highest BCUT2D eigenvalue weighted by Gasteiger charge is 1.99. The zero-order chi connectivity index (χ0) is 11.4. The summed E-state index contributed by atoms with van der Waals surface area (Å²) < 4.78 is 0. The Morgan fingerprint density at radius 1 is 1.31 bits per heavy atom. The highest BCUT2D eigenvalue weighted by Crippen LogP contribution is 2.19. The number of hydrogen-bond donors (Lipinski definition) is 1. The van der Waals surface area contributed by atoms with Crippen molar-refractivity contribution in [1.82, 2.24) is 4.98 Å². The van der Waals surface area contributed by atoms with Crippen LogP contribution < -0.4 is 5.32 Å². The van der Waals surface area contributed by atoms with Crippen LogP contribution in [-0.2, 0) is 13.0 Å². The van der Waals surface area contributed by atoms with E-state index in [1.54, 1.807) is 11.3 Å². The lowest BCUT2D eigenvalue weighted by Crippen LogP contribution is -1.98. The van der Waals surface area contributed by atoms with Gasteiger partial charge in [0.05, 0.1) is 0 Å². The zero-order valence-corrected chi connectivity index (χ0v) is 10.6. The molecule has 0 spiro atoms. The summed E-state index contributed by atoms with van der Waals surface area (Å²) >= 11 is 7.53. The number of aryl methyl sites for hydroxylation is 1. The van der Waals surface area contributed by atoms with E-state index in [1.807, 2.05) is 30.5 Å². The molecular weight excluding hydrogens is 240 g/mol. The minimum Gasteiger partial charge on any atom is -0.357 e. The molecule has 1 N–H and O–H groups in total. The first-order valence-corrected chi connectivity index (χ1v) is 6.40. The normalized spacial score (nSPS) is 10.4. The van der Waals surface area contributed by atoms with Crippen LogP contribution in [0.25, 0.3) is 0 Å². The molecule has 0 saturated heterocycles. The molecular formula is C12H13ClN2S. The van der Waals surface area contributed by atoms with Gasteiger partial charge in [0, 0.05) is 22.6 Å². The van der Waals surface area contributed by atoms with Crippen molar-refractivity contribution in [2.24, 2.45) is 0 Å². The number of thiazole rings is 1. The van der Waals surface area contributed by atoms with Gasteiger partial charge in [0.2, 0.25) is 0 Å². The van der Waals surface area contributed by atoms with Crippen LogP contribution in [0.2, 0.25) is 5.02 Å². The van der Waals surface area contributed by atoms with Crippen LogP contribution in [0.5, 0.6) is 0 Å².